The maximum atomic E-state index is 13.9. The summed E-state index contributed by atoms with van der Waals surface area (Å²) >= 11 is 0. The largest absolute Gasteiger partial charge is 0.336 e. The zero-order chi connectivity index (χ0) is 14.7. The summed E-state index contributed by atoms with van der Waals surface area (Å²) < 4.78 is 13.9. The van der Waals surface area contributed by atoms with Gasteiger partial charge in [0.15, 0.2) is 0 Å². The molecule has 0 radical (unpaired) electrons. The second kappa shape index (κ2) is 6.35. The van der Waals surface area contributed by atoms with Crippen molar-refractivity contribution in [1.82, 2.24) is 9.80 Å². The summed E-state index contributed by atoms with van der Waals surface area (Å²) in [4.78, 5) is 16.5. The van der Waals surface area contributed by atoms with Crippen molar-refractivity contribution in [2.75, 3.05) is 26.2 Å². The molecule has 1 atom stereocenters. The van der Waals surface area contributed by atoms with Crippen molar-refractivity contribution in [2.45, 2.75) is 33.2 Å². The van der Waals surface area contributed by atoms with Crippen molar-refractivity contribution in [1.29, 1.82) is 0 Å². The molecule has 0 saturated carbocycles. The minimum atomic E-state index is -0.417. The van der Waals surface area contributed by atoms with Crippen molar-refractivity contribution in [3.05, 3.63) is 35.1 Å². The van der Waals surface area contributed by atoms with Crippen LogP contribution in [0.3, 0.4) is 0 Å². The normalized spacial score (nSPS) is 18.1. The van der Waals surface area contributed by atoms with Crippen LogP contribution in [-0.2, 0) is 0 Å². The fourth-order valence-electron chi connectivity index (χ4n) is 2.59. The Labute approximate surface area is 120 Å². The van der Waals surface area contributed by atoms with Crippen molar-refractivity contribution < 1.29 is 9.18 Å². The number of nitrogens with zero attached hydrogens (tertiary/aromatic N) is 2. The lowest BCUT2D eigenvalue weighted by atomic mass is 10.1. The summed E-state index contributed by atoms with van der Waals surface area (Å²) in [6.45, 7) is 9.29. The van der Waals surface area contributed by atoms with Gasteiger partial charge in [-0.05, 0) is 38.0 Å². The van der Waals surface area contributed by atoms with E-state index in [9.17, 15) is 9.18 Å². The molecule has 0 bridgehead atoms. The Morgan fingerprint density at radius 3 is 2.50 bits per heavy atom. The molecule has 1 aromatic rings. The van der Waals surface area contributed by atoms with Crippen LogP contribution in [0.25, 0.3) is 0 Å². The third kappa shape index (κ3) is 3.18. The van der Waals surface area contributed by atoms with Gasteiger partial charge in [0.05, 0.1) is 5.56 Å². The van der Waals surface area contributed by atoms with Crippen LogP contribution in [0.2, 0.25) is 0 Å². The fraction of sp³-hybridized carbons (Fsp3) is 0.562. The van der Waals surface area contributed by atoms with E-state index in [2.05, 4.69) is 18.7 Å². The number of carbonyl (C=O) groups is 1. The third-order valence-corrected chi connectivity index (χ3v) is 4.17. The maximum absolute atomic E-state index is 13.9. The topological polar surface area (TPSA) is 23.6 Å². The lowest BCUT2D eigenvalue weighted by Crippen LogP contribution is -2.51. The molecule has 1 saturated heterocycles. The molecule has 1 aliphatic rings. The molecule has 1 amide bonds. The van der Waals surface area contributed by atoms with E-state index in [1.807, 2.05) is 6.92 Å². The van der Waals surface area contributed by atoms with Gasteiger partial charge in [-0.1, -0.05) is 13.0 Å². The number of rotatable bonds is 3. The van der Waals surface area contributed by atoms with E-state index < -0.39 is 5.82 Å². The standard InChI is InChI=1S/C16H23FN2O/c1-4-13(3)18-7-9-19(10-8-18)16(20)14-6-5-12(2)11-15(14)17/h5-6,11,13H,4,7-10H2,1-3H3. The van der Waals surface area contributed by atoms with Crippen molar-refractivity contribution >= 4 is 5.91 Å². The molecule has 0 aliphatic carbocycles. The molecule has 2 rings (SSSR count). The molecule has 0 spiro atoms. The van der Waals surface area contributed by atoms with Crippen LogP contribution < -0.4 is 0 Å². The summed E-state index contributed by atoms with van der Waals surface area (Å²) in [6.07, 6.45) is 1.11. The Morgan fingerprint density at radius 1 is 1.30 bits per heavy atom. The number of piperazine rings is 1. The SMILES string of the molecule is CCC(C)N1CCN(C(=O)c2ccc(C)cc2F)CC1. The molecule has 0 aromatic heterocycles. The molecule has 20 heavy (non-hydrogen) atoms. The average molecular weight is 278 g/mol. The zero-order valence-corrected chi connectivity index (χ0v) is 12.5. The second-order valence-corrected chi connectivity index (χ2v) is 5.57. The molecule has 1 aromatic carbocycles. The van der Waals surface area contributed by atoms with E-state index in [1.54, 1.807) is 17.0 Å². The number of amides is 1. The number of hydrogen-bond acceptors (Lipinski definition) is 2. The molecule has 0 N–H and O–H groups in total. The summed E-state index contributed by atoms with van der Waals surface area (Å²) in [7, 11) is 0. The van der Waals surface area contributed by atoms with Gasteiger partial charge in [0.2, 0.25) is 0 Å². The molecule has 4 heteroatoms. The minimum Gasteiger partial charge on any atom is -0.336 e. The Kier molecular flexibility index (Phi) is 4.76. The van der Waals surface area contributed by atoms with E-state index in [0.29, 0.717) is 19.1 Å². The van der Waals surface area contributed by atoms with Crippen molar-refractivity contribution in [3.8, 4) is 0 Å². The van der Waals surface area contributed by atoms with Crippen LogP contribution >= 0.6 is 0 Å². The second-order valence-electron chi connectivity index (χ2n) is 5.57. The zero-order valence-electron chi connectivity index (χ0n) is 12.5. The molecule has 1 aliphatic heterocycles. The van der Waals surface area contributed by atoms with Gasteiger partial charge in [-0.3, -0.25) is 9.69 Å². The number of benzene rings is 1. The number of hydrogen-bond donors (Lipinski definition) is 0. The van der Waals surface area contributed by atoms with Crippen LogP contribution in [-0.4, -0.2) is 47.9 Å². The van der Waals surface area contributed by atoms with E-state index in [0.717, 1.165) is 25.1 Å². The van der Waals surface area contributed by atoms with Crippen molar-refractivity contribution in [3.63, 3.8) is 0 Å². The molecule has 1 fully saturated rings. The van der Waals surface area contributed by atoms with E-state index >= 15 is 0 Å². The molecule has 110 valence electrons. The van der Waals surface area contributed by atoms with Crippen LogP contribution in [0.1, 0.15) is 36.2 Å². The van der Waals surface area contributed by atoms with Gasteiger partial charge in [0.1, 0.15) is 5.82 Å². The van der Waals surface area contributed by atoms with Gasteiger partial charge in [-0.2, -0.15) is 0 Å². The molecule has 1 heterocycles. The average Bonchev–Trinajstić information content (AvgIpc) is 2.46. The quantitative estimate of drug-likeness (QED) is 0.848. The predicted octanol–water partition coefficient (Wildman–Crippen LogP) is 2.69. The summed E-state index contributed by atoms with van der Waals surface area (Å²) in [5, 5.41) is 0. The van der Waals surface area contributed by atoms with Gasteiger partial charge in [-0.25, -0.2) is 4.39 Å². The Hall–Kier alpha value is -1.42. The molecular weight excluding hydrogens is 255 g/mol. The maximum Gasteiger partial charge on any atom is 0.256 e. The van der Waals surface area contributed by atoms with Crippen LogP contribution in [0.5, 0.6) is 0 Å². The minimum absolute atomic E-state index is 0.188. The highest BCUT2D eigenvalue weighted by Crippen LogP contribution is 2.15. The number of carbonyl (C=O) groups excluding carboxylic acids is 1. The van der Waals surface area contributed by atoms with Gasteiger partial charge < -0.3 is 4.90 Å². The fourth-order valence-corrected chi connectivity index (χ4v) is 2.59. The van der Waals surface area contributed by atoms with Gasteiger partial charge >= 0.3 is 0 Å². The lowest BCUT2D eigenvalue weighted by molar-refractivity contribution is 0.0575. The van der Waals surface area contributed by atoms with Crippen LogP contribution in [0, 0.1) is 12.7 Å². The number of halogens is 1. The first-order chi connectivity index (χ1) is 9.52. The first kappa shape index (κ1) is 15.0. The molecule has 3 nitrogen and oxygen atoms in total. The summed E-state index contributed by atoms with van der Waals surface area (Å²) in [6, 6.07) is 5.34. The molecule has 1 unspecified atom stereocenters. The van der Waals surface area contributed by atoms with Gasteiger partial charge in [-0.15, -0.1) is 0 Å². The van der Waals surface area contributed by atoms with Crippen LogP contribution in [0.15, 0.2) is 18.2 Å². The van der Waals surface area contributed by atoms with Crippen molar-refractivity contribution in [2.24, 2.45) is 0 Å². The summed E-state index contributed by atoms with van der Waals surface area (Å²) in [5.74, 6) is -0.606. The van der Waals surface area contributed by atoms with E-state index in [-0.39, 0.29) is 11.5 Å². The van der Waals surface area contributed by atoms with Gasteiger partial charge in [0, 0.05) is 32.2 Å². The first-order valence-electron chi connectivity index (χ1n) is 7.32. The number of aryl methyl sites for hydroxylation is 1. The molecular formula is C16H23FN2O. The highest BCUT2D eigenvalue weighted by molar-refractivity contribution is 5.94. The van der Waals surface area contributed by atoms with E-state index in [1.165, 1.54) is 6.07 Å². The van der Waals surface area contributed by atoms with E-state index in [4.69, 9.17) is 0 Å². The summed E-state index contributed by atoms with van der Waals surface area (Å²) in [5.41, 5.74) is 1.02. The monoisotopic (exact) mass is 278 g/mol. The smallest absolute Gasteiger partial charge is 0.256 e. The van der Waals surface area contributed by atoms with Crippen LogP contribution in [0.4, 0.5) is 4.39 Å². The highest BCUT2D eigenvalue weighted by Gasteiger charge is 2.25. The lowest BCUT2D eigenvalue weighted by Gasteiger charge is -2.37. The predicted molar refractivity (Wildman–Crippen MR) is 78.4 cm³/mol. The Morgan fingerprint density at radius 2 is 1.95 bits per heavy atom. The Balaban J connectivity index is 2.01. The first-order valence-corrected chi connectivity index (χ1v) is 7.32. The third-order valence-electron chi connectivity index (χ3n) is 4.17. The van der Waals surface area contributed by atoms with Gasteiger partial charge in [0.25, 0.3) is 5.91 Å². The Bertz CT molecular complexity index is 481. The highest BCUT2D eigenvalue weighted by atomic mass is 19.1.